The normalized spacial score (nSPS) is 21.4. The maximum Gasteiger partial charge on any atom is 0.222 e. The van der Waals surface area contributed by atoms with Crippen LogP contribution in [0.3, 0.4) is 0 Å². The van der Waals surface area contributed by atoms with E-state index in [-0.39, 0.29) is 35.9 Å². The molecule has 0 aromatic heterocycles. The van der Waals surface area contributed by atoms with Crippen LogP contribution in [0.5, 0.6) is 5.75 Å². The van der Waals surface area contributed by atoms with Crippen LogP contribution in [0.4, 0.5) is 5.69 Å². The van der Waals surface area contributed by atoms with Gasteiger partial charge in [-0.15, -0.1) is 24.0 Å². The molecule has 2 saturated heterocycles. The van der Waals surface area contributed by atoms with Gasteiger partial charge in [0.1, 0.15) is 5.75 Å². The maximum absolute atomic E-state index is 11.9. The van der Waals surface area contributed by atoms with Crippen molar-refractivity contribution in [3.05, 3.63) is 24.3 Å². The van der Waals surface area contributed by atoms with Gasteiger partial charge in [-0.05, 0) is 37.8 Å². The standard InChI is InChI=1S/C22H35N5O2.HI/c1-4-21(28)27-13-11-18(16-27)25-22(23-5-2)24-14-17-10-12-26(15-17)19-8-6-7-9-20(19)29-3;/h6-9,17-18H,4-5,10-16H2,1-3H3,(H2,23,24,25);1H. The van der Waals surface area contributed by atoms with E-state index in [1.165, 1.54) is 0 Å². The van der Waals surface area contributed by atoms with Gasteiger partial charge in [0.05, 0.1) is 12.8 Å². The number of ether oxygens (including phenoxy) is 1. The smallest absolute Gasteiger partial charge is 0.222 e. The fourth-order valence-electron chi connectivity index (χ4n) is 4.15. The van der Waals surface area contributed by atoms with Crippen molar-refractivity contribution in [1.82, 2.24) is 15.5 Å². The third-order valence-corrected chi connectivity index (χ3v) is 5.75. The summed E-state index contributed by atoms with van der Waals surface area (Å²) in [7, 11) is 1.73. The first-order chi connectivity index (χ1) is 14.1. The summed E-state index contributed by atoms with van der Waals surface area (Å²) in [6, 6.07) is 8.48. The van der Waals surface area contributed by atoms with Crippen LogP contribution in [-0.4, -0.2) is 69.2 Å². The molecule has 30 heavy (non-hydrogen) atoms. The lowest BCUT2D eigenvalue weighted by Gasteiger charge is -2.21. The molecule has 8 heteroatoms. The maximum atomic E-state index is 11.9. The summed E-state index contributed by atoms with van der Waals surface area (Å²) in [6.07, 6.45) is 2.68. The van der Waals surface area contributed by atoms with Crippen molar-refractivity contribution in [2.45, 2.75) is 39.2 Å². The van der Waals surface area contributed by atoms with Crippen molar-refractivity contribution in [3.8, 4) is 5.75 Å². The molecule has 0 aliphatic carbocycles. The molecule has 2 heterocycles. The van der Waals surface area contributed by atoms with Gasteiger partial charge in [-0.2, -0.15) is 0 Å². The second-order valence-corrected chi connectivity index (χ2v) is 7.82. The number of anilines is 1. The minimum absolute atomic E-state index is 0. The second-order valence-electron chi connectivity index (χ2n) is 7.82. The number of nitrogens with zero attached hydrogens (tertiary/aromatic N) is 3. The Labute approximate surface area is 197 Å². The highest BCUT2D eigenvalue weighted by Crippen LogP contribution is 2.31. The first-order valence-electron chi connectivity index (χ1n) is 10.8. The minimum Gasteiger partial charge on any atom is -0.495 e. The number of carbonyl (C=O) groups is 1. The summed E-state index contributed by atoms with van der Waals surface area (Å²) in [4.78, 5) is 21.1. The zero-order valence-electron chi connectivity index (χ0n) is 18.4. The Kier molecular flexibility index (Phi) is 10.0. The molecule has 1 aromatic carbocycles. The number of carbonyl (C=O) groups excluding carboxylic acids is 1. The number of rotatable bonds is 7. The summed E-state index contributed by atoms with van der Waals surface area (Å²) in [5, 5.41) is 6.88. The summed E-state index contributed by atoms with van der Waals surface area (Å²) in [5.74, 6) is 2.55. The Hall–Kier alpha value is -1.71. The van der Waals surface area contributed by atoms with E-state index >= 15 is 0 Å². The monoisotopic (exact) mass is 529 g/mol. The van der Waals surface area contributed by atoms with Crippen molar-refractivity contribution in [1.29, 1.82) is 0 Å². The van der Waals surface area contributed by atoms with Gasteiger partial charge >= 0.3 is 0 Å². The van der Waals surface area contributed by atoms with E-state index < -0.39 is 0 Å². The molecule has 168 valence electrons. The van der Waals surface area contributed by atoms with E-state index in [1.807, 2.05) is 24.0 Å². The van der Waals surface area contributed by atoms with Crippen LogP contribution in [0, 0.1) is 5.92 Å². The van der Waals surface area contributed by atoms with Crippen molar-refractivity contribution in [2.24, 2.45) is 10.9 Å². The topological polar surface area (TPSA) is 69.2 Å². The Balaban J connectivity index is 0.00000320. The van der Waals surface area contributed by atoms with Gasteiger partial charge in [-0.3, -0.25) is 9.79 Å². The van der Waals surface area contributed by atoms with Crippen molar-refractivity contribution in [3.63, 3.8) is 0 Å². The van der Waals surface area contributed by atoms with Crippen molar-refractivity contribution < 1.29 is 9.53 Å². The molecule has 1 amide bonds. The van der Waals surface area contributed by atoms with E-state index in [9.17, 15) is 4.79 Å². The van der Waals surface area contributed by atoms with Crippen LogP contribution >= 0.6 is 24.0 Å². The molecule has 2 N–H and O–H groups in total. The zero-order valence-corrected chi connectivity index (χ0v) is 20.7. The second kappa shape index (κ2) is 12.2. The molecule has 0 saturated carbocycles. The number of benzene rings is 1. The van der Waals surface area contributed by atoms with Crippen LogP contribution in [-0.2, 0) is 4.79 Å². The quantitative estimate of drug-likeness (QED) is 0.323. The fraction of sp³-hybridized carbons (Fsp3) is 0.636. The third-order valence-electron chi connectivity index (χ3n) is 5.75. The zero-order chi connectivity index (χ0) is 20.6. The minimum atomic E-state index is 0. The lowest BCUT2D eigenvalue weighted by Crippen LogP contribution is -2.45. The van der Waals surface area contributed by atoms with Crippen LogP contribution in [0.15, 0.2) is 29.3 Å². The lowest BCUT2D eigenvalue weighted by atomic mass is 10.1. The Morgan fingerprint density at radius 1 is 1.20 bits per heavy atom. The molecule has 2 unspecified atom stereocenters. The first-order valence-corrected chi connectivity index (χ1v) is 10.8. The number of halogens is 1. The Morgan fingerprint density at radius 3 is 2.73 bits per heavy atom. The van der Waals surface area contributed by atoms with Gasteiger partial charge in [-0.25, -0.2) is 0 Å². The van der Waals surface area contributed by atoms with E-state index in [2.05, 4.69) is 34.6 Å². The van der Waals surface area contributed by atoms with E-state index in [4.69, 9.17) is 9.73 Å². The Bertz CT molecular complexity index is 715. The number of hydrogen-bond donors (Lipinski definition) is 2. The van der Waals surface area contributed by atoms with Crippen LogP contribution in [0.2, 0.25) is 0 Å². The molecular weight excluding hydrogens is 493 g/mol. The van der Waals surface area contributed by atoms with Crippen LogP contribution in [0.25, 0.3) is 0 Å². The molecule has 0 radical (unpaired) electrons. The number of guanidine groups is 1. The van der Waals surface area contributed by atoms with Gasteiger partial charge in [-0.1, -0.05) is 19.1 Å². The van der Waals surface area contributed by atoms with Crippen LogP contribution in [0.1, 0.15) is 33.1 Å². The molecule has 0 spiro atoms. The average molecular weight is 529 g/mol. The number of methoxy groups -OCH3 is 1. The van der Waals surface area contributed by atoms with Crippen molar-refractivity contribution >= 4 is 41.5 Å². The third kappa shape index (κ3) is 6.39. The van der Waals surface area contributed by atoms with Gasteiger partial charge in [0.15, 0.2) is 5.96 Å². The van der Waals surface area contributed by atoms with E-state index in [1.54, 1.807) is 7.11 Å². The SMILES string of the molecule is CCNC(=NCC1CCN(c2ccccc2OC)C1)NC1CCN(C(=O)CC)C1.I. The molecule has 0 bridgehead atoms. The number of likely N-dealkylation sites (tertiary alicyclic amines) is 1. The van der Waals surface area contributed by atoms with Crippen molar-refractivity contribution in [2.75, 3.05) is 51.3 Å². The van der Waals surface area contributed by atoms with E-state index in [0.29, 0.717) is 12.3 Å². The number of amides is 1. The van der Waals surface area contributed by atoms with Crippen LogP contribution < -0.4 is 20.3 Å². The molecule has 2 aliphatic heterocycles. The molecule has 2 atom stereocenters. The highest BCUT2D eigenvalue weighted by atomic mass is 127. The fourth-order valence-corrected chi connectivity index (χ4v) is 4.15. The summed E-state index contributed by atoms with van der Waals surface area (Å²) in [5.41, 5.74) is 1.16. The predicted octanol–water partition coefficient (Wildman–Crippen LogP) is 2.71. The number of hydrogen-bond acceptors (Lipinski definition) is 4. The summed E-state index contributed by atoms with van der Waals surface area (Å²) < 4.78 is 5.51. The van der Waals surface area contributed by atoms with Gasteiger partial charge in [0, 0.05) is 51.7 Å². The molecule has 2 aliphatic rings. The lowest BCUT2D eigenvalue weighted by molar-refractivity contribution is -0.129. The highest BCUT2D eigenvalue weighted by Gasteiger charge is 2.27. The molecule has 1 aromatic rings. The van der Waals surface area contributed by atoms with E-state index in [0.717, 1.165) is 69.5 Å². The molecule has 7 nitrogen and oxygen atoms in total. The van der Waals surface area contributed by atoms with Gasteiger partial charge < -0.3 is 25.2 Å². The number of para-hydroxylation sites is 2. The Morgan fingerprint density at radius 2 is 2.00 bits per heavy atom. The molecule has 3 rings (SSSR count). The summed E-state index contributed by atoms with van der Waals surface area (Å²) >= 11 is 0. The summed E-state index contributed by atoms with van der Waals surface area (Å²) in [6.45, 7) is 9.25. The largest absolute Gasteiger partial charge is 0.495 e. The number of nitrogens with one attached hydrogen (secondary N) is 2. The number of aliphatic imine (C=N–C) groups is 1. The van der Waals surface area contributed by atoms with Gasteiger partial charge in [0.25, 0.3) is 0 Å². The highest BCUT2D eigenvalue weighted by molar-refractivity contribution is 14.0. The average Bonchev–Trinajstić information content (AvgIpc) is 3.41. The van der Waals surface area contributed by atoms with Gasteiger partial charge in [0.2, 0.25) is 5.91 Å². The predicted molar refractivity (Wildman–Crippen MR) is 133 cm³/mol. The molecule has 2 fully saturated rings. The first kappa shape index (κ1) is 24.6. The molecular formula is C22H36IN5O2.